The van der Waals surface area contributed by atoms with Crippen molar-refractivity contribution in [1.29, 1.82) is 0 Å². The summed E-state index contributed by atoms with van der Waals surface area (Å²) in [6.07, 6.45) is 3.42. The molecule has 1 aromatic heterocycles. The predicted molar refractivity (Wildman–Crippen MR) is 58.7 cm³/mol. The van der Waals surface area contributed by atoms with E-state index >= 15 is 0 Å². The van der Waals surface area contributed by atoms with Gasteiger partial charge in [0.15, 0.2) is 11.6 Å². The molecule has 0 fully saturated rings. The van der Waals surface area contributed by atoms with Crippen molar-refractivity contribution in [2.24, 2.45) is 5.73 Å². The average Bonchev–Trinajstić information content (AvgIpc) is 2.15. The van der Waals surface area contributed by atoms with Crippen molar-refractivity contribution in [2.45, 2.75) is 12.8 Å². The highest BCUT2D eigenvalue weighted by atomic mass is 79.9. The van der Waals surface area contributed by atoms with Gasteiger partial charge in [-0.15, -0.1) is 0 Å². The van der Waals surface area contributed by atoms with Gasteiger partial charge in [0.2, 0.25) is 0 Å². The van der Waals surface area contributed by atoms with Crippen LogP contribution in [0.1, 0.15) is 12.8 Å². The summed E-state index contributed by atoms with van der Waals surface area (Å²) in [4.78, 5) is 3.91. The zero-order valence-corrected chi connectivity index (χ0v) is 9.35. The Labute approximate surface area is 91.0 Å². The molecule has 0 spiro atoms. The molecule has 1 heterocycles. The topological polar surface area (TPSA) is 50.9 Å². The molecule has 0 saturated heterocycles. The smallest absolute Gasteiger partial charge is 0.166 e. The van der Waals surface area contributed by atoms with Gasteiger partial charge in [-0.3, -0.25) is 0 Å². The molecule has 3 N–H and O–H groups in total. The first-order chi connectivity index (χ1) is 6.74. The number of nitrogens with one attached hydrogen (secondary N) is 1. The quantitative estimate of drug-likeness (QED) is 0.799. The fourth-order valence-corrected chi connectivity index (χ4v) is 1.32. The summed E-state index contributed by atoms with van der Waals surface area (Å²) in [5.74, 6) is -0.0441. The molecule has 0 aromatic carbocycles. The molecule has 1 rings (SSSR count). The van der Waals surface area contributed by atoms with Crippen LogP contribution in [0, 0.1) is 5.82 Å². The van der Waals surface area contributed by atoms with Crippen molar-refractivity contribution < 1.29 is 4.39 Å². The van der Waals surface area contributed by atoms with E-state index in [2.05, 4.69) is 26.2 Å². The lowest BCUT2D eigenvalue weighted by Gasteiger charge is -2.05. The third-order valence-electron chi connectivity index (χ3n) is 1.73. The third kappa shape index (κ3) is 3.59. The first-order valence-corrected chi connectivity index (χ1v) is 5.28. The molecule has 0 amide bonds. The summed E-state index contributed by atoms with van der Waals surface area (Å²) in [7, 11) is 0. The van der Waals surface area contributed by atoms with E-state index in [-0.39, 0.29) is 5.82 Å². The Balaban J connectivity index is 2.42. The zero-order chi connectivity index (χ0) is 10.4. The largest absolute Gasteiger partial charge is 0.368 e. The van der Waals surface area contributed by atoms with Gasteiger partial charge in [0.05, 0.1) is 0 Å². The van der Waals surface area contributed by atoms with Crippen LogP contribution in [0.4, 0.5) is 10.2 Å². The van der Waals surface area contributed by atoms with Gasteiger partial charge in [0.25, 0.3) is 0 Å². The minimum absolute atomic E-state index is 0.297. The number of nitrogens with two attached hydrogens (primary N) is 1. The van der Waals surface area contributed by atoms with Crippen molar-refractivity contribution >= 4 is 21.7 Å². The van der Waals surface area contributed by atoms with Crippen LogP contribution in [0.3, 0.4) is 0 Å². The number of pyridine rings is 1. The van der Waals surface area contributed by atoms with Crippen LogP contribution in [0.2, 0.25) is 0 Å². The Morgan fingerprint density at radius 3 is 2.93 bits per heavy atom. The van der Waals surface area contributed by atoms with Crippen LogP contribution >= 0.6 is 15.9 Å². The SMILES string of the molecule is NCCCCNc1ncc(Br)cc1F. The molecule has 0 atom stereocenters. The summed E-state index contributed by atoms with van der Waals surface area (Å²) in [5, 5.41) is 2.91. The molecule has 0 saturated carbocycles. The standard InChI is InChI=1S/C9H13BrFN3/c10-7-5-8(11)9(14-6-7)13-4-2-1-3-12/h5-6H,1-4,12H2,(H,13,14). The number of hydrogen-bond acceptors (Lipinski definition) is 3. The van der Waals surface area contributed by atoms with Crippen molar-refractivity contribution in [3.8, 4) is 0 Å². The summed E-state index contributed by atoms with van der Waals surface area (Å²) in [6, 6.07) is 1.39. The second kappa shape index (κ2) is 5.93. The van der Waals surface area contributed by atoms with Gasteiger partial charge < -0.3 is 11.1 Å². The first kappa shape index (κ1) is 11.4. The molecular weight excluding hydrogens is 249 g/mol. The summed E-state index contributed by atoms with van der Waals surface area (Å²) in [6.45, 7) is 1.36. The van der Waals surface area contributed by atoms with E-state index in [1.807, 2.05) is 0 Å². The fraction of sp³-hybridized carbons (Fsp3) is 0.444. The minimum atomic E-state index is -0.341. The van der Waals surface area contributed by atoms with Crippen molar-refractivity contribution in [2.75, 3.05) is 18.4 Å². The molecule has 0 unspecified atom stereocenters. The second-order valence-electron chi connectivity index (χ2n) is 2.91. The van der Waals surface area contributed by atoms with E-state index in [1.165, 1.54) is 6.07 Å². The second-order valence-corrected chi connectivity index (χ2v) is 3.82. The van der Waals surface area contributed by atoms with Gasteiger partial charge in [-0.2, -0.15) is 0 Å². The lowest BCUT2D eigenvalue weighted by Crippen LogP contribution is -2.07. The van der Waals surface area contributed by atoms with E-state index < -0.39 is 0 Å². The number of rotatable bonds is 5. The Kier molecular flexibility index (Phi) is 4.82. The van der Waals surface area contributed by atoms with E-state index in [9.17, 15) is 4.39 Å². The Hall–Kier alpha value is -0.680. The van der Waals surface area contributed by atoms with Crippen LogP contribution in [0.5, 0.6) is 0 Å². The molecular formula is C9H13BrFN3. The maximum atomic E-state index is 13.2. The lowest BCUT2D eigenvalue weighted by atomic mass is 10.3. The van der Waals surface area contributed by atoms with E-state index in [0.717, 1.165) is 12.8 Å². The number of aromatic nitrogens is 1. The first-order valence-electron chi connectivity index (χ1n) is 4.49. The van der Waals surface area contributed by atoms with Gasteiger partial charge in [-0.05, 0) is 41.4 Å². The molecule has 14 heavy (non-hydrogen) atoms. The van der Waals surface area contributed by atoms with Crippen LogP contribution in [-0.2, 0) is 0 Å². The number of hydrogen-bond donors (Lipinski definition) is 2. The summed E-state index contributed by atoms with van der Waals surface area (Å²) in [5.41, 5.74) is 5.33. The van der Waals surface area contributed by atoms with Crippen LogP contribution in [0.25, 0.3) is 0 Å². The van der Waals surface area contributed by atoms with E-state index in [4.69, 9.17) is 5.73 Å². The highest BCUT2D eigenvalue weighted by molar-refractivity contribution is 9.10. The molecule has 3 nitrogen and oxygen atoms in total. The van der Waals surface area contributed by atoms with Crippen molar-refractivity contribution in [3.63, 3.8) is 0 Å². The monoisotopic (exact) mass is 261 g/mol. The maximum Gasteiger partial charge on any atom is 0.166 e. The Morgan fingerprint density at radius 2 is 2.29 bits per heavy atom. The van der Waals surface area contributed by atoms with Crippen LogP contribution in [0.15, 0.2) is 16.7 Å². The van der Waals surface area contributed by atoms with E-state index in [1.54, 1.807) is 6.20 Å². The van der Waals surface area contributed by atoms with Crippen LogP contribution in [-0.4, -0.2) is 18.1 Å². The van der Waals surface area contributed by atoms with Crippen molar-refractivity contribution in [3.05, 3.63) is 22.6 Å². The molecule has 0 aliphatic heterocycles. The molecule has 1 aromatic rings. The van der Waals surface area contributed by atoms with Gasteiger partial charge in [0, 0.05) is 17.2 Å². The normalized spacial score (nSPS) is 10.2. The Morgan fingerprint density at radius 1 is 1.50 bits per heavy atom. The average molecular weight is 262 g/mol. The van der Waals surface area contributed by atoms with Gasteiger partial charge in [0.1, 0.15) is 0 Å². The van der Waals surface area contributed by atoms with E-state index in [0.29, 0.717) is 23.4 Å². The number of halogens is 2. The number of anilines is 1. The highest BCUT2D eigenvalue weighted by Gasteiger charge is 2.02. The fourth-order valence-electron chi connectivity index (χ4n) is 1.02. The number of unbranched alkanes of at least 4 members (excludes halogenated alkanes) is 1. The Bertz CT molecular complexity index is 293. The minimum Gasteiger partial charge on any atom is -0.368 e. The van der Waals surface area contributed by atoms with Gasteiger partial charge in [-0.1, -0.05) is 0 Å². The lowest BCUT2D eigenvalue weighted by molar-refractivity contribution is 0.622. The highest BCUT2D eigenvalue weighted by Crippen LogP contribution is 2.15. The molecule has 0 bridgehead atoms. The zero-order valence-electron chi connectivity index (χ0n) is 7.76. The summed E-state index contributed by atoms with van der Waals surface area (Å²) < 4.78 is 13.8. The predicted octanol–water partition coefficient (Wildman–Crippen LogP) is 2.13. The molecule has 0 aliphatic rings. The van der Waals surface area contributed by atoms with Crippen LogP contribution < -0.4 is 11.1 Å². The van der Waals surface area contributed by atoms with Gasteiger partial charge >= 0.3 is 0 Å². The summed E-state index contributed by atoms with van der Waals surface area (Å²) >= 11 is 3.14. The van der Waals surface area contributed by atoms with Crippen molar-refractivity contribution in [1.82, 2.24) is 4.98 Å². The number of nitrogens with zero attached hydrogens (tertiary/aromatic N) is 1. The maximum absolute atomic E-state index is 13.2. The van der Waals surface area contributed by atoms with Gasteiger partial charge in [-0.25, -0.2) is 9.37 Å². The molecule has 5 heteroatoms. The molecule has 78 valence electrons. The third-order valence-corrected chi connectivity index (χ3v) is 2.16. The molecule has 0 aliphatic carbocycles. The molecule has 0 radical (unpaired) electrons.